The predicted octanol–water partition coefficient (Wildman–Crippen LogP) is 1.62. The SMILES string of the molecule is C=CCC.F.F.F.NC(O)=S.NC(O)=S. The normalized spacial score (nSPS) is 4.87. The number of allylic oxidation sites excluding steroid dienone is 1. The number of thiocarbonyl (C=S) groups is 2. The van der Waals surface area contributed by atoms with Crippen LogP contribution < -0.4 is 11.5 Å². The van der Waals surface area contributed by atoms with Crippen LogP contribution in [0.4, 0.5) is 14.1 Å². The molecule has 0 heterocycles. The molecule has 0 aromatic heterocycles. The van der Waals surface area contributed by atoms with E-state index in [0.717, 1.165) is 6.42 Å². The lowest BCUT2D eigenvalue weighted by Crippen LogP contribution is -2.03. The van der Waals surface area contributed by atoms with Crippen LogP contribution in [0.1, 0.15) is 13.3 Å². The quantitative estimate of drug-likeness (QED) is 0.427. The molecule has 0 aliphatic carbocycles. The number of rotatable bonds is 1. The summed E-state index contributed by atoms with van der Waals surface area (Å²) in [7, 11) is 0. The van der Waals surface area contributed by atoms with Crippen LogP contribution in [0.3, 0.4) is 0 Å². The molecule has 0 bridgehead atoms. The minimum Gasteiger partial charge on any atom is -0.487 e. The summed E-state index contributed by atoms with van der Waals surface area (Å²) < 4.78 is 0. The summed E-state index contributed by atoms with van der Waals surface area (Å²) in [5, 5.41) is 14.1. The summed E-state index contributed by atoms with van der Waals surface area (Å²) in [6, 6.07) is 0. The Morgan fingerprint density at radius 1 is 1.13 bits per heavy atom. The summed E-state index contributed by atoms with van der Waals surface area (Å²) in [5.74, 6) is 0. The van der Waals surface area contributed by atoms with Crippen LogP contribution in [0.2, 0.25) is 0 Å². The average Bonchev–Trinajstić information content (AvgIpc) is 1.85. The van der Waals surface area contributed by atoms with Crippen LogP contribution >= 0.6 is 24.4 Å². The summed E-state index contributed by atoms with van der Waals surface area (Å²) in [5.41, 5.74) is 8.80. The molecule has 0 radical (unpaired) electrons. The maximum absolute atomic E-state index is 7.56. The highest BCUT2D eigenvalue weighted by atomic mass is 32.1. The standard InChI is InChI=1S/C4H8.2CH3NOS.3FH/c1-3-4-2;2*2-1(3)4;;;/h3H,1,4H2,2H3;2*(H3,2,3,4);3*1H. The molecule has 0 aliphatic rings. The van der Waals surface area contributed by atoms with E-state index in [1.807, 2.05) is 6.08 Å². The Hall–Kier alpha value is -1.09. The lowest BCUT2D eigenvalue weighted by atomic mass is 10.5. The van der Waals surface area contributed by atoms with Crippen LogP contribution in [0.5, 0.6) is 0 Å². The van der Waals surface area contributed by atoms with Crippen LogP contribution in [0.25, 0.3) is 0 Å². The van der Waals surface area contributed by atoms with Crippen molar-refractivity contribution in [2.75, 3.05) is 0 Å². The first-order valence-electron chi connectivity index (χ1n) is 2.96. The Labute approximate surface area is 97.1 Å². The molecule has 0 saturated heterocycles. The first-order chi connectivity index (χ1) is 5.38. The van der Waals surface area contributed by atoms with Gasteiger partial charge in [0, 0.05) is 0 Å². The molecule has 0 amide bonds. The molecular weight excluding hydrogens is 253 g/mol. The van der Waals surface area contributed by atoms with E-state index in [0.29, 0.717) is 0 Å². The fourth-order valence-electron chi connectivity index (χ4n) is 0. The largest absolute Gasteiger partial charge is 0.487 e. The number of halogens is 3. The molecule has 0 rings (SSSR count). The molecule has 4 nitrogen and oxygen atoms in total. The van der Waals surface area contributed by atoms with E-state index in [4.69, 9.17) is 10.2 Å². The second-order valence-corrected chi connectivity index (χ2v) is 2.21. The van der Waals surface area contributed by atoms with Crippen LogP contribution in [-0.2, 0) is 0 Å². The number of aliphatic hydroxyl groups excluding tert-OH is 2. The fourth-order valence-corrected chi connectivity index (χ4v) is 0. The number of aliphatic hydroxyl groups is 2. The molecule has 0 unspecified atom stereocenters. The van der Waals surface area contributed by atoms with Crippen molar-refractivity contribution in [3.8, 4) is 0 Å². The maximum atomic E-state index is 7.56. The van der Waals surface area contributed by atoms with E-state index in [2.05, 4.69) is 49.4 Å². The van der Waals surface area contributed by atoms with Gasteiger partial charge in [-0.2, -0.15) is 0 Å². The zero-order valence-electron chi connectivity index (χ0n) is 8.08. The first kappa shape index (κ1) is 37.1. The molecule has 0 spiro atoms. The Bertz CT molecular complexity index is 130. The minimum absolute atomic E-state index is 0. The van der Waals surface area contributed by atoms with Gasteiger partial charge in [-0.05, 0) is 30.9 Å². The zero-order valence-corrected chi connectivity index (χ0v) is 9.71. The monoisotopic (exact) mass is 270 g/mol. The van der Waals surface area contributed by atoms with E-state index < -0.39 is 10.3 Å². The predicted molar refractivity (Wildman–Crippen MR) is 66.8 cm³/mol. The molecule has 0 atom stereocenters. The van der Waals surface area contributed by atoms with Gasteiger partial charge in [0.05, 0.1) is 0 Å². The maximum Gasteiger partial charge on any atom is 0.251 e. The smallest absolute Gasteiger partial charge is 0.251 e. The average molecular weight is 270 g/mol. The molecule has 0 aliphatic heterocycles. The topological polar surface area (TPSA) is 92.5 Å². The van der Waals surface area contributed by atoms with Gasteiger partial charge in [-0.25, -0.2) is 0 Å². The van der Waals surface area contributed by atoms with Gasteiger partial charge in [0.25, 0.3) is 10.3 Å². The highest BCUT2D eigenvalue weighted by Gasteiger charge is 1.57. The molecular formula is C6H17F3N2O2S2. The van der Waals surface area contributed by atoms with Crippen LogP contribution in [-0.4, -0.2) is 20.6 Å². The first-order valence-corrected chi connectivity index (χ1v) is 3.77. The number of nitrogens with two attached hydrogens (primary N) is 2. The molecule has 9 heteroatoms. The molecule has 96 valence electrons. The molecule has 0 aromatic carbocycles. The summed E-state index contributed by atoms with van der Waals surface area (Å²) >= 11 is 7.74. The third kappa shape index (κ3) is 190000. The van der Waals surface area contributed by atoms with Gasteiger partial charge >= 0.3 is 0 Å². The summed E-state index contributed by atoms with van der Waals surface area (Å²) in [6.45, 7) is 5.54. The van der Waals surface area contributed by atoms with Gasteiger partial charge in [-0.1, -0.05) is 13.0 Å². The van der Waals surface area contributed by atoms with Crippen molar-refractivity contribution >= 4 is 34.8 Å². The third-order valence-corrected chi connectivity index (χ3v) is 0.289. The van der Waals surface area contributed by atoms with E-state index in [9.17, 15) is 0 Å². The van der Waals surface area contributed by atoms with Crippen molar-refractivity contribution in [2.24, 2.45) is 11.5 Å². The summed E-state index contributed by atoms with van der Waals surface area (Å²) in [4.78, 5) is 0. The molecule has 15 heavy (non-hydrogen) atoms. The van der Waals surface area contributed by atoms with E-state index in [1.165, 1.54) is 0 Å². The summed E-state index contributed by atoms with van der Waals surface area (Å²) in [6.07, 6.45) is 2.96. The van der Waals surface area contributed by atoms with Crippen molar-refractivity contribution in [1.29, 1.82) is 0 Å². The Kier molecular flexibility index (Phi) is 94.7. The Morgan fingerprint density at radius 3 is 1.20 bits per heavy atom. The Balaban J connectivity index is -0.0000000184. The van der Waals surface area contributed by atoms with Crippen molar-refractivity contribution < 1.29 is 24.3 Å². The lowest BCUT2D eigenvalue weighted by molar-refractivity contribution is 0.559. The van der Waals surface area contributed by atoms with Gasteiger partial charge in [-0.15, -0.1) is 6.58 Å². The van der Waals surface area contributed by atoms with Crippen molar-refractivity contribution in [2.45, 2.75) is 13.3 Å². The van der Waals surface area contributed by atoms with Crippen molar-refractivity contribution in [3.63, 3.8) is 0 Å². The van der Waals surface area contributed by atoms with Gasteiger partial charge < -0.3 is 21.7 Å². The highest BCUT2D eigenvalue weighted by molar-refractivity contribution is 7.80. The second kappa shape index (κ2) is 38.4. The molecule has 0 fully saturated rings. The van der Waals surface area contributed by atoms with Gasteiger partial charge in [0.15, 0.2) is 0 Å². The highest BCUT2D eigenvalue weighted by Crippen LogP contribution is 1.66. The van der Waals surface area contributed by atoms with Gasteiger partial charge in [0.2, 0.25) is 0 Å². The molecule has 0 aromatic rings. The zero-order chi connectivity index (χ0) is 10.6. The second-order valence-electron chi connectivity index (χ2n) is 1.37. The third-order valence-electron chi connectivity index (χ3n) is 0.289. The van der Waals surface area contributed by atoms with E-state index >= 15 is 0 Å². The molecule has 6 N–H and O–H groups in total. The van der Waals surface area contributed by atoms with Crippen molar-refractivity contribution in [1.82, 2.24) is 0 Å². The van der Waals surface area contributed by atoms with Crippen molar-refractivity contribution in [3.05, 3.63) is 12.7 Å². The van der Waals surface area contributed by atoms with Gasteiger partial charge in [0.1, 0.15) is 0 Å². The Morgan fingerprint density at radius 2 is 1.20 bits per heavy atom. The number of hydrogen-bond donors (Lipinski definition) is 4. The van der Waals surface area contributed by atoms with E-state index in [-0.39, 0.29) is 14.1 Å². The van der Waals surface area contributed by atoms with E-state index in [1.54, 1.807) is 0 Å². The molecule has 0 saturated carbocycles. The minimum atomic E-state index is -0.500. The lowest BCUT2D eigenvalue weighted by Gasteiger charge is -1.67. The fraction of sp³-hybridized carbons (Fsp3) is 0.333. The van der Waals surface area contributed by atoms with Crippen LogP contribution in [0, 0.1) is 0 Å². The van der Waals surface area contributed by atoms with Crippen LogP contribution in [0.15, 0.2) is 12.7 Å². The van der Waals surface area contributed by atoms with Gasteiger partial charge in [-0.3, -0.25) is 14.1 Å². The number of hydrogen-bond acceptors (Lipinski definition) is 2.